The lowest BCUT2D eigenvalue weighted by Crippen LogP contribution is -2.00. The molecule has 54 valence electrons. The molecule has 0 radical (unpaired) electrons. The van der Waals surface area contributed by atoms with Gasteiger partial charge in [0.05, 0.1) is 5.69 Å². The van der Waals surface area contributed by atoms with E-state index in [2.05, 4.69) is 9.72 Å². The fourth-order valence-corrected chi connectivity index (χ4v) is 0.603. The van der Waals surface area contributed by atoms with Gasteiger partial charge in [0.2, 0.25) is 5.88 Å². The highest BCUT2D eigenvalue weighted by Crippen LogP contribution is 2.11. The number of H-pyrrole nitrogens is 1. The molecule has 3 N–H and O–H groups in total. The fraction of sp³-hybridized carbons (Fsp3) is 0.167. The number of nitrogens with two attached hydrogens (primary N) is 1. The summed E-state index contributed by atoms with van der Waals surface area (Å²) in [5.41, 5.74) is 5.88. The molecular weight excluding hydrogens is 132 g/mol. The van der Waals surface area contributed by atoms with E-state index in [9.17, 15) is 4.79 Å². The SMILES string of the molecule is CC(=O)Oc1cc(N)c[nH]1. The first-order valence-electron chi connectivity index (χ1n) is 2.81. The summed E-state index contributed by atoms with van der Waals surface area (Å²) in [6.07, 6.45) is 1.55. The molecule has 4 heteroatoms. The van der Waals surface area contributed by atoms with Gasteiger partial charge in [-0.15, -0.1) is 0 Å². The van der Waals surface area contributed by atoms with Crippen LogP contribution >= 0.6 is 0 Å². The van der Waals surface area contributed by atoms with Crippen LogP contribution in [0.2, 0.25) is 0 Å². The smallest absolute Gasteiger partial charge is 0.309 e. The number of nitrogen functional groups attached to an aromatic ring is 1. The average molecular weight is 140 g/mol. The minimum atomic E-state index is -0.359. The molecule has 0 saturated heterocycles. The molecule has 1 aromatic heterocycles. The van der Waals surface area contributed by atoms with Crippen molar-refractivity contribution in [3.63, 3.8) is 0 Å². The zero-order chi connectivity index (χ0) is 7.56. The number of rotatable bonds is 1. The zero-order valence-electron chi connectivity index (χ0n) is 5.55. The second-order valence-electron chi connectivity index (χ2n) is 1.89. The third kappa shape index (κ3) is 1.51. The Morgan fingerprint density at radius 3 is 2.90 bits per heavy atom. The molecule has 0 saturated carbocycles. The van der Waals surface area contributed by atoms with Gasteiger partial charge in [-0.25, -0.2) is 0 Å². The lowest BCUT2D eigenvalue weighted by atomic mass is 10.5. The van der Waals surface area contributed by atoms with Crippen LogP contribution < -0.4 is 10.5 Å². The molecule has 0 aliphatic rings. The van der Waals surface area contributed by atoms with Gasteiger partial charge in [0, 0.05) is 19.2 Å². The Balaban J connectivity index is 2.67. The first-order valence-corrected chi connectivity index (χ1v) is 2.81. The number of hydrogen-bond acceptors (Lipinski definition) is 3. The van der Waals surface area contributed by atoms with Crippen molar-refractivity contribution in [2.75, 3.05) is 5.73 Å². The van der Waals surface area contributed by atoms with Crippen molar-refractivity contribution in [2.24, 2.45) is 0 Å². The first kappa shape index (κ1) is 6.67. The maximum atomic E-state index is 10.3. The van der Waals surface area contributed by atoms with E-state index in [0.717, 1.165) is 0 Å². The number of aromatic amines is 1. The van der Waals surface area contributed by atoms with Gasteiger partial charge in [0.15, 0.2) is 0 Å². The van der Waals surface area contributed by atoms with Gasteiger partial charge in [0.1, 0.15) is 0 Å². The average Bonchev–Trinajstić information content (AvgIpc) is 2.13. The summed E-state index contributed by atoms with van der Waals surface area (Å²) in [5, 5.41) is 0. The second kappa shape index (κ2) is 2.43. The van der Waals surface area contributed by atoms with E-state index in [1.165, 1.54) is 6.92 Å². The molecule has 4 nitrogen and oxygen atoms in total. The Labute approximate surface area is 58.0 Å². The minimum absolute atomic E-state index is 0.359. The summed E-state index contributed by atoms with van der Waals surface area (Å²) in [4.78, 5) is 13.0. The van der Waals surface area contributed by atoms with Crippen LogP contribution in [-0.2, 0) is 4.79 Å². The molecule has 0 aliphatic carbocycles. The molecule has 0 aliphatic heterocycles. The molecule has 0 unspecified atom stereocenters. The molecule has 0 bridgehead atoms. The Bertz CT molecular complexity index is 242. The highest BCUT2D eigenvalue weighted by molar-refractivity contribution is 5.69. The van der Waals surface area contributed by atoms with Crippen molar-refractivity contribution in [3.05, 3.63) is 12.3 Å². The Kier molecular flexibility index (Phi) is 1.62. The van der Waals surface area contributed by atoms with Crippen LogP contribution in [0.15, 0.2) is 12.3 Å². The van der Waals surface area contributed by atoms with Gasteiger partial charge >= 0.3 is 5.97 Å². The maximum Gasteiger partial charge on any atom is 0.309 e. The highest BCUT2D eigenvalue weighted by Gasteiger charge is 1.98. The molecule has 1 heterocycles. The van der Waals surface area contributed by atoms with Crippen LogP contribution in [0.3, 0.4) is 0 Å². The van der Waals surface area contributed by atoms with Crippen LogP contribution in [-0.4, -0.2) is 11.0 Å². The van der Waals surface area contributed by atoms with E-state index in [4.69, 9.17) is 5.73 Å². The van der Waals surface area contributed by atoms with Gasteiger partial charge in [0.25, 0.3) is 0 Å². The Morgan fingerprint density at radius 2 is 2.50 bits per heavy atom. The molecule has 0 spiro atoms. The van der Waals surface area contributed by atoms with Gasteiger partial charge in [-0.3, -0.25) is 4.79 Å². The quantitative estimate of drug-likeness (QED) is 0.559. The molecule has 0 atom stereocenters. The van der Waals surface area contributed by atoms with E-state index < -0.39 is 0 Å². The van der Waals surface area contributed by atoms with Crippen LogP contribution in [0.5, 0.6) is 5.88 Å². The summed E-state index contributed by atoms with van der Waals surface area (Å²) < 4.78 is 4.66. The molecule has 1 aromatic rings. The standard InChI is InChI=1S/C6H8N2O2/c1-4(9)10-6-2-5(7)3-8-6/h2-3,8H,7H2,1H3. The van der Waals surface area contributed by atoms with Gasteiger partial charge in [-0.2, -0.15) is 0 Å². The van der Waals surface area contributed by atoms with Gasteiger partial charge in [-0.1, -0.05) is 0 Å². The number of esters is 1. The van der Waals surface area contributed by atoms with E-state index in [1.807, 2.05) is 0 Å². The summed E-state index contributed by atoms with van der Waals surface area (Å²) >= 11 is 0. The van der Waals surface area contributed by atoms with Crippen molar-refractivity contribution in [1.82, 2.24) is 4.98 Å². The summed E-state index contributed by atoms with van der Waals surface area (Å²) in [6, 6.07) is 1.54. The molecule has 0 aromatic carbocycles. The fourth-order valence-electron chi connectivity index (χ4n) is 0.603. The summed E-state index contributed by atoms with van der Waals surface area (Å²) in [5.74, 6) is 0.0202. The van der Waals surface area contributed by atoms with Crippen LogP contribution in [0.4, 0.5) is 5.69 Å². The molecular formula is C6H8N2O2. The number of nitrogens with one attached hydrogen (secondary N) is 1. The number of anilines is 1. The minimum Gasteiger partial charge on any atom is -0.410 e. The van der Waals surface area contributed by atoms with E-state index >= 15 is 0 Å². The third-order valence-electron chi connectivity index (χ3n) is 0.933. The Hall–Kier alpha value is -1.45. The van der Waals surface area contributed by atoms with Gasteiger partial charge < -0.3 is 15.5 Å². The molecule has 0 fully saturated rings. The second-order valence-corrected chi connectivity index (χ2v) is 1.89. The largest absolute Gasteiger partial charge is 0.410 e. The van der Waals surface area contributed by atoms with Crippen molar-refractivity contribution in [3.8, 4) is 5.88 Å². The van der Waals surface area contributed by atoms with Crippen molar-refractivity contribution >= 4 is 11.7 Å². The number of ether oxygens (including phenoxy) is 1. The maximum absolute atomic E-state index is 10.3. The van der Waals surface area contributed by atoms with Crippen molar-refractivity contribution in [2.45, 2.75) is 6.92 Å². The zero-order valence-corrected chi connectivity index (χ0v) is 5.55. The lowest BCUT2D eigenvalue weighted by molar-refractivity contribution is -0.132. The number of aromatic nitrogens is 1. The molecule has 10 heavy (non-hydrogen) atoms. The topological polar surface area (TPSA) is 68.1 Å². The summed E-state index contributed by atoms with van der Waals surface area (Å²) in [6.45, 7) is 1.33. The predicted molar refractivity (Wildman–Crippen MR) is 36.5 cm³/mol. The molecule has 0 amide bonds. The van der Waals surface area contributed by atoms with Crippen molar-refractivity contribution in [1.29, 1.82) is 0 Å². The van der Waals surface area contributed by atoms with Crippen LogP contribution in [0, 0.1) is 0 Å². The molecule has 1 rings (SSSR count). The monoisotopic (exact) mass is 140 g/mol. The normalized spacial score (nSPS) is 9.30. The van der Waals surface area contributed by atoms with Gasteiger partial charge in [-0.05, 0) is 0 Å². The number of hydrogen-bond donors (Lipinski definition) is 2. The van der Waals surface area contributed by atoms with Crippen molar-refractivity contribution < 1.29 is 9.53 Å². The van der Waals surface area contributed by atoms with E-state index in [-0.39, 0.29) is 5.97 Å². The van der Waals surface area contributed by atoms with Crippen LogP contribution in [0.25, 0.3) is 0 Å². The Morgan fingerprint density at radius 1 is 1.80 bits per heavy atom. The first-order chi connectivity index (χ1) is 4.68. The highest BCUT2D eigenvalue weighted by atomic mass is 16.5. The van der Waals surface area contributed by atoms with Crippen LogP contribution in [0.1, 0.15) is 6.92 Å². The number of carbonyl (C=O) groups is 1. The lowest BCUT2D eigenvalue weighted by Gasteiger charge is -1.92. The summed E-state index contributed by atoms with van der Waals surface area (Å²) in [7, 11) is 0. The number of carbonyl (C=O) groups excluding carboxylic acids is 1. The third-order valence-corrected chi connectivity index (χ3v) is 0.933. The van der Waals surface area contributed by atoms with E-state index in [1.54, 1.807) is 12.3 Å². The predicted octanol–water partition coefficient (Wildman–Crippen LogP) is 0.522. The van der Waals surface area contributed by atoms with E-state index in [0.29, 0.717) is 11.6 Å².